The molecule has 1 aliphatic heterocycles. The summed E-state index contributed by atoms with van der Waals surface area (Å²) in [6.45, 7) is 1.05. The summed E-state index contributed by atoms with van der Waals surface area (Å²) in [5, 5.41) is 0.862. The van der Waals surface area contributed by atoms with Crippen molar-refractivity contribution in [1.29, 1.82) is 0 Å². The van der Waals surface area contributed by atoms with Crippen LogP contribution in [0.3, 0.4) is 0 Å². The van der Waals surface area contributed by atoms with E-state index >= 15 is 0 Å². The highest BCUT2D eigenvalue weighted by Crippen LogP contribution is 2.33. The van der Waals surface area contributed by atoms with Crippen LogP contribution in [-0.2, 0) is 17.1 Å². The number of benzene rings is 2. The molecule has 3 aromatic rings. The molecule has 0 saturated carbocycles. The lowest BCUT2D eigenvalue weighted by Crippen LogP contribution is -2.13. The van der Waals surface area contributed by atoms with Crippen LogP contribution in [0.4, 0.5) is 5.69 Å². The Morgan fingerprint density at radius 2 is 1.82 bits per heavy atom. The van der Waals surface area contributed by atoms with Gasteiger partial charge in [0, 0.05) is 42.5 Å². The molecule has 0 atom stereocenters. The van der Waals surface area contributed by atoms with Gasteiger partial charge in [0.15, 0.2) is 16.7 Å². The number of aryl methyl sites for hydroxylation is 1. The fraction of sp³-hybridized carbons (Fsp3) is 0.211. The third-order valence-corrected chi connectivity index (χ3v) is 6.58. The number of nitrogens with one attached hydrogen (secondary N) is 1. The molecule has 0 spiro atoms. The van der Waals surface area contributed by atoms with Crippen LogP contribution in [0.15, 0.2) is 69.8 Å². The van der Waals surface area contributed by atoms with Gasteiger partial charge in [-0.3, -0.25) is 4.72 Å². The summed E-state index contributed by atoms with van der Waals surface area (Å²) in [5.74, 6) is 1.01. The molecule has 0 radical (unpaired) electrons. The van der Waals surface area contributed by atoms with Gasteiger partial charge in [-0.05, 0) is 36.4 Å². The van der Waals surface area contributed by atoms with Crippen molar-refractivity contribution in [3.63, 3.8) is 0 Å². The maximum atomic E-state index is 12.7. The summed E-state index contributed by atoms with van der Waals surface area (Å²) in [7, 11) is -1.81. The van der Waals surface area contributed by atoms with E-state index in [-0.39, 0.29) is 4.90 Å². The van der Waals surface area contributed by atoms with Crippen LogP contribution in [0.5, 0.6) is 11.5 Å². The molecular formula is C19H19N3O4S2. The predicted molar refractivity (Wildman–Crippen MR) is 107 cm³/mol. The first-order chi connectivity index (χ1) is 13.5. The van der Waals surface area contributed by atoms with Crippen molar-refractivity contribution in [2.75, 3.05) is 17.9 Å². The molecule has 1 aliphatic rings. The minimum absolute atomic E-state index is 0.128. The Balaban J connectivity index is 1.50. The van der Waals surface area contributed by atoms with Crippen molar-refractivity contribution >= 4 is 27.5 Å². The number of sulfonamides is 1. The summed E-state index contributed by atoms with van der Waals surface area (Å²) in [4.78, 5) is 5.36. The van der Waals surface area contributed by atoms with E-state index in [0.717, 1.165) is 16.5 Å². The molecule has 1 aromatic heterocycles. The zero-order chi connectivity index (χ0) is 19.6. The molecule has 0 unspecified atom stereocenters. The van der Waals surface area contributed by atoms with E-state index in [2.05, 4.69) is 9.71 Å². The lowest BCUT2D eigenvalue weighted by Gasteiger charge is -2.12. The number of fused-ring (bicyclic) bond motifs is 1. The largest absolute Gasteiger partial charge is 0.490 e. The van der Waals surface area contributed by atoms with Crippen LogP contribution in [-0.4, -0.2) is 31.2 Å². The molecule has 146 valence electrons. The standard InChI is InChI=1S/C19H19N3O4S2/c1-22-10-9-20-19(22)27-15-5-3-14(4-6-15)21-28(23,24)16-7-8-17-18(13-16)26-12-2-11-25-17/h3-10,13,21H,2,11-12H2,1H3. The quantitative estimate of drug-likeness (QED) is 0.684. The molecule has 0 aliphatic carbocycles. The van der Waals surface area contributed by atoms with E-state index in [9.17, 15) is 8.42 Å². The van der Waals surface area contributed by atoms with Gasteiger partial charge in [0.25, 0.3) is 10.0 Å². The summed E-state index contributed by atoms with van der Waals surface area (Å²) < 4.78 is 41.1. The van der Waals surface area contributed by atoms with E-state index in [1.165, 1.54) is 23.9 Å². The van der Waals surface area contributed by atoms with Crippen LogP contribution in [0, 0.1) is 0 Å². The van der Waals surface area contributed by atoms with Crippen molar-refractivity contribution in [2.24, 2.45) is 7.05 Å². The highest BCUT2D eigenvalue weighted by atomic mass is 32.2. The average molecular weight is 418 g/mol. The zero-order valence-electron chi connectivity index (χ0n) is 15.2. The molecule has 28 heavy (non-hydrogen) atoms. The fourth-order valence-electron chi connectivity index (χ4n) is 2.67. The second-order valence-electron chi connectivity index (χ2n) is 6.21. The summed E-state index contributed by atoms with van der Waals surface area (Å²) >= 11 is 1.51. The van der Waals surface area contributed by atoms with E-state index in [1.807, 2.05) is 29.9 Å². The average Bonchev–Trinajstić information content (AvgIpc) is 2.94. The molecule has 1 N–H and O–H groups in total. The number of anilines is 1. The Bertz CT molecular complexity index is 1080. The van der Waals surface area contributed by atoms with Gasteiger partial charge in [-0.25, -0.2) is 13.4 Å². The van der Waals surface area contributed by atoms with Crippen LogP contribution in [0.1, 0.15) is 6.42 Å². The van der Waals surface area contributed by atoms with Gasteiger partial charge in [-0.1, -0.05) is 11.8 Å². The molecule has 0 amide bonds. The topological polar surface area (TPSA) is 82.5 Å². The van der Waals surface area contributed by atoms with Gasteiger partial charge >= 0.3 is 0 Å². The number of imidazole rings is 1. The maximum absolute atomic E-state index is 12.7. The van der Waals surface area contributed by atoms with Crippen molar-refractivity contribution in [3.8, 4) is 11.5 Å². The predicted octanol–water partition coefficient (Wildman–Crippen LogP) is 3.53. The van der Waals surface area contributed by atoms with Crippen LogP contribution < -0.4 is 14.2 Å². The molecule has 9 heteroatoms. The SMILES string of the molecule is Cn1ccnc1Sc1ccc(NS(=O)(=O)c2ccc3c(c2)OCCCO3)cc1. The smallest absolute Gasteiger partial charge is 0.262 e. The van der Waals surface area contributed by atoms with Crippen molar-refractivity contribution < 1.29 is 17.9 Å². The third kappa shape index (κ3) is 4.10. The molecule has 0 bridgehead atoms. The number of ether oxygens (including phenoxy) is 2. The van der Waals surface area contributed by atoms with Crippen LogP contribution in [0.2, 0.25) is 0 Å². The lowest BCUT2D eigenvalue weighted by molar-refractivity contribution is 0.297. The second kappa shape index (κ2) is 7.76. The fourth-order valence-corrected chi connectivity index (χ4v) is 4.55. The van der Waals surface area contributed by atoms with Crippen LogP contribution >= 0.6 is 11.8 Å². The van der Waals surface area contributed by atoms with E-state index in [4.69, 9.17) is 9.47 Å². The first kappa shape index (κ1) is 18.7. The van der Waals surface area contributed by atoms with Gasteiger partial charge < -0.3 is 14.0 Å². The number of aromatic nitrogens is 2. The maximum Gasteiger partial charge on any atom is 0.262 e. The summed E-state index contributed by atoms with van der Waals surface area (Å²) in [6.07, 6.45) is 4.37. The van der Waals surface area contributed by atoms with Crippen molar-refractivity contribution in [3.05, 3.63) is 54.9 Å². The Hall–Kier alpha value is -2.65. The Kier molecular flexibility index (Phi) is 5.19. The Morgan fingerprint density at radius 1 is 1.07 bits per heavy atom. The third-order valence-electron chi connectivity index (χ3n) is 4.12. The number of hydrogen-bond donors (Lipinski definition) is 1. The van der Waals surface area contributed by atoms with Crippen LogP contribution in [0.25, 0.3) is 0 Å². The molecule has 2 aromatic carbocycles. The summed E-state index contributed by atoms with van der Waals surface area (Å²) in [6, 6.07) is 11.8. The highest BCUT2D eigenvalue weighted by Gasteiger charge is 2.19. The number of nitrogens with zero attached hydrogens (tertiary/aromatic N) is 2. The monoisotopic (exact) mass is 417 g/mol. The Labute approximate surface area is 167 Å². The van der Waals surface area contributed by atoms with E-state index in [0.29, 0.717) is 30.4 Å². The van der Waals surface area contributed by atoms with Gasteiger partial charge in [-0.15, -0.1) is 0 Å². The normalized spacial score (nSPS) is 13.8. The first-order valence-corrected chi connectivity index (χ1v) is 11.0. The van der Waals surface area contributed by atoms with E-state index < -0.39 is 10.0 Å². The molecule has 4 rings (SSSR count). The second-order valence-corrected chi connectivity index (χ2v) is 8.93. The minimum atomic E-state index is -3.74. The minimum Gasteiger partial charge on any atom is -0.490 e. The number of rotatable bonds is 5. The molecule has 0 saturated heterocycles. The van der Waals surface area contributed by atoms with Gasteiger partial charge in [0.1, 0.15) is 0 Å². The zero-order valence-corrected chi connectivity index (χ0v) is 16.8. The van der Waals surface area contributed by atoms with E-state index in [1.54, 1.807) is 24.4 Å². The van der Waals surface area contributed by atoms with Gasteiger partial charge in [0.05, 0.1) is 18.1 Å². The van der Waals surface area contributed by atoms with Gasteiger partial charge in [-0.2, -0.15) is 0 Å². The van der Waals surface area contributed by atoms with Crippen molar-refractivity contribution in [2.45, 2.75) is 21.4 Å². The summed E-state index contributed by atoms with van der Waals surface area (Å²) in [5.41, 5.74) is 0.483. The first-order valence-electron chi connectivity index (χ1n) is 8.69. The molecule has 0 fully saturated rings. The lowest BCUT2D eigenvalue weighted by atomic mass is 10.3. The highest BCUT2D eigenvalue weighted by molar-refractivity contribution is 7.99. The molecular weight excluding hydrogens is 398 g/mol. The van der Waals surface area contributed by atoms with Crippen molar-refractivity contribution in [1.82, 2.24) is 9.55 Å². The molecule has 2 heterocycles. The van der Waals surface area contributed by atoms with Gasteiger partial charge in [0.2, 0.25) is 0 Å². The Morgan fingerprint density at radius 3 is 2.54 bits per heavy atom. The number of hydrogen-bond acceptors (Lipinski definition) is 6. The molecule has 7 nitrogen and oxygen atoms in total.